The molecule has 0 aliphatic heterocycles. The Morgan fingerprint density at radius 2 is 2.00 bits per heavy atom. The van der Waals surface area contributed by atoms with Crippen molar-refractivity contribution in [1.29, 1.82) is 0 Å². The van der Waals surface area contributed by atoms with Gasteiger partial charge in [0.2, 0.25) is 10.0 Å². The summed E-state index contributed by atoms with van der Waals surface area (Å²) in [4.78, 5) is 11.1. The predicted molar refractivity (Wildman–Crippen MR) is 73.0 cm³/mol. The smallest absolute Gasteiger partial charge is 0.336 e. The van der Waals surface area contributed by atoms with E-state index in [0.29, 0.717) is 11.3 Å². The van der Waals surface area contributed by atoms with Gasteiger partial charge in [0.15, 0.2) is 0 Å². The highest BCUT2D eigenvalue weighted by atomic mass is 32.2. The molecule has 0 bridgehead atoms. The lowest BCUT2D eigenvalue weighted by Crippen LogP contribution is -2.18. The van der Waals surface area contributed by atoms with E-state index in [9.17, 15) is 13.2 Å². The van der Waals surface area contributed by atoms with E-state index < -0.39 is 16.0 Å². The average molecular weight is 283 g/mol. The van der Waals surface area contributed by atoms with Gasteiger partial charge in [-0.1, -0.05) is 0 Å². The Kier molecular flexibility index (Phi) is 3.54. The zero-order valence-corrected chi connectivity index (χ0v) is 11.8. The van der Waals surface area contributed by atoms with Gasteiger partial charge < -0.3 is 5.11 Å². The summed E-state index contributed by atoms with van der Waals surface area (Å²) in [6.07, 6.45) is 1.91. The molecule has 0 radical (unpaired) electrons. The Balaban J connectivity index is 2.27. The molecule has 0 atom stereocenters. The highest BCUT2D eigenvalue weighted by molar-refractivity contribution is 7.92. The molecule has 104 valence electrons. The van der Waals surface area contributed by atoms with Gasteiger partial charge >= 0.3 is 5.97 Å². The van der Waals surface area contributed by atoms with Gasteiger partial charge in [0.25, 0.3) is 0 Å². The van der Waals surface area contributed by atoms with Crippen LogP contribution in [0.3, 0.4) is 0 Å². The number of benzene rings is 1. The fourth-order valence-corrected chi connectivity index (χ4v) is 3.47. The SMILES string of the molecule is Cc1cc(NS(=O)(=O)CC2CC2)cc(C(=O)O)c1C. The lowest BCUT2D eigenvalue weighted by atomic mass is 10.0. The zero-order chi connectivity index (χ0) is 14.2. The van der Waals surface area contributed by atoms with Crippen molar-refractivity contribution in [2.45, 2.75) is 26.7 Å². The van der Waals surface area contributed by atoms with Crippen molar-refractivity contribution in [1.82, 2.24) is 0 Å². The van der Waals surface area contributed by atoms with Gasteiger partial charge in [0.05, 0.1) is 11.3 Å². The van der Waals surface area contributed by atoms with Gasteiger partial charge in [-0.25, -0.2) is 13.2 Å². The average Bonchev–Trinajstić information content (AvgIpc) is 3.05. The van der Waals surface area contributed by atoms with Crippen LogP contribution in [0, 0.1) is 19.8 Å². The number of carboxylic acids is 1. The quantitative estimate of drug-likeness (QED) is 0.867. The normalized spacial score (nSPS) is 15.3. The topological polar surface area (TPSA) is 83.5 Å². The van der Waals surface area contributed by atoms with Crippen LogP contribution in [0.5, 0.6) is 0 Å². The van der Waals surface area contributed by atoms with Crippen LogP contribution in [0.15, 0.2) is 12.1 Å². The predicted octanol–water partition coefficient (Wildman–Crippen LogP) is 2.15. The highest BCUT2D eigenvalue weighted by Gasteiger charge is 2.28. The molecule has 1 aliphatic rings. The molecule has 1 saturated carbocycles. The maximum absolute atomic E-state index is 11.9. The molecule has 0 unspecified atom stereocenters. The third-order valence-corrected chi connectivity index (χ3v) is 4.78. The number of nitrogens with one attached hydrogen (secondary N) is 1. The Morgan fingerprint density at radius 3 is 2.53 bits per heavy atom. The first-order valence-electron chi connectivity index (χ1n) is 6.13. The van der Waals surface area contributed by atoms with E-state index in [2.05, 4.69) is 4.72 Å². The van der Waals surface area contributed by atoms with Crippen molar-refractivity contribution in [2.24, 2.45) is 5.92 Å². The van der Waals surface area contributed by atoms with E-state index >= 15 is 0 Å². The maximum Gasteiger partial charge on any atom is 0.336 e. The Bertz CT molecular complexity index is 618. The molecule has 1 aromatic rings. The second-order valence-corrected chi connectivity index (χ2v) is 6.86. The molecule has 5 nitrogen and oxygen atoms in total. The van der Waals surface area contributed by atoms with Crippen LogP contribution in [0.1, 0.15) is 34.3 Å². The van der Waals surface area contributed by atoms with Gasteiger partial charge in [-0.05, 0) is 55.9 Å². The number of sulfonamides is 1. The first-order chi connectivity index (χ1) is 8.78. The summed E-state index contributed by atoms with van der Waals surface area (Å²) in [6.45, 7) is 3.47. The van der Waals surface area contributed by atoms with Gasteiger partial charge in [0, 0.05) is 5.69 Å². The molecule has 0 saturated heterocycles. The molecular weight excluding hydrogens is 266 g/mol. The van der Waals surface area contributed by atoms with E-state index in [1.165, 1.54) is 6.07 Å². The van der Waals surface area contributed by atoms with Gasteiger partial charge in [-0.2, -0.15) is 0 Å². The van der Waals surface area contributed by atoms with Crippen molar-refractivity contribution in [3.05, 3.63) is 28.8 Å². The minimum absolute atomic E-state index is 0.113. The summed E-state index contributed by atoms with van der Waals surface area (Å²) in [6, 6.07) is 3.03. The van der Waals surface area contributed by atoms with Crippen molar-refractivity contribution < 1.29 is 18.3 Å². The number of aromatic carboxylic acids is 1. The standard InChI is InChI=1S/C13H17NO4S/c1-8-5-11(6-12(9(8)2)13(15)16)14-19(17,18)7-10-3-4-10/h5-6,10,14H,3-4,7H2,1-2H3,(H,15,16). The van der Waals surface area contributed by atoms with E-state index in [1.807, 2.05) is 0 Å². The third kappa shape index (κ3) is 3.47. The van der Waals surface area contributed by atoms with Crippen molar-refractivity contribution in [3.63, 3.8) is 0 Å². The second kappa shape index (κ2) is 4.85. The Hall–Kier alpha value is -1.56. The van der Waals surface area contributed by atoms with Crippen LogP contribution in [-0.4, -0.2) is 25.2 Å². The number of hydrogen-bond donors (Lipinski definition) is 2. The molecule has 1 aliphatic carbocycles. The molecule has 1 fully saturated rings. The third-order valence-electron chi connectivity index (χ3n) is 3.32. The van der Waals surface area contributed by atoms with E-state index in [0.717, 1.165) is 18.4 Å². The first kappa shape index (κ1) is 13.9. The number of hydrogen-bond acceptors (Lipinski definition) is 3. The highest BCUT2D eigenvalue weighted by Crippen LogP contribution is 2.31. The molecule has 0 heterocycles. The van der Waals surface area contributed by atoms with Gasteiger partial charge in [-0.15, -0.1) is 0 Å². The van der Waals surface area contributed by atoms with Crippen LogP contribution >= 0.6 is 0 Å². The largest absolute Gasteiger partial charge is 0.478 e. The van der Waals surface area contributed by atoms with Crippen LogP contribution in [0.2, 0.25) is 0 Å². The number of aryl methyl sites for hydroxylation is 1. The fraction of sp³-hybridized carbons (Fsp3) is 0.462. The van der Waals surface area contributed by atoms with E-state index in [4.69, 9.17) is 5.11 Å². The fourth-order valence-electron chi connectivity index (χ4n) is 1.96. The summed E-state index contributed by atoms with van der Waals surface area (Å²) in [5.74, 6) is -0.686. The minimum Gasteiger partial charge on any atom is -0.478 e. The monoisotopic (exact) mass is 283 g/mol. The van der Waals surface area contributed by atoms with E-state index in [-0.39, 0.29) is 17.2 Å². The van der Waals surface area contributed by atoms with Crippen LogP contribution in [0.25, 0.3) is 0 Å². The summed E-state index contributed by atoms with van der Waals surface area (Å²) in [5, 5.41) is 9.09. The molecular formula is C13H17NO4S. The minimum atomic E-state index is -3.39. The van der Waals surface area contributed by atoms with Crippen LogP contribution in [0.4, 0.5) is 5.69 Å². The molecule has 19 heavy (non-hydrogen) atoms. The molecule has 0 amide bonds. The Morgan fingerprint density at radius 1 is 1.37 bits per heavy atom. The lowest BCUT2D eigenvalue weighted by molar-refractivity contribution is 0.0696. The zero-order valence-electron chi connectivity index (χ0n) is 10.9. The maximum atomic E-state index is 11.9. The molecule has 6 heteroatoms. The summed E-state index contributed by atoms with van der Waals surface area (Å²) >= 11 is 0. The second-order valence-electron chi connectivity index (χ2n) is 5.10. The first-order valence-corrected chi connectivity index (χ1v) is 7.79. The van der Waals surface area contributed by atoms with Crippen molar-refractivity contribution >= 4 is 21.7 Å². The number of rotatable bonds is 5. The van der Waals surface area contributed by atoms with E-state index in [1.54, 1.807) is 19.9 Å². The van der Waals surface area contributed by atoms with Crippen molar-refractivity contribution in [2.75, 3.05) is 10.5 Å². The molecule has 2 N–H and O–H groups in total. The van der Waals surface area contributed by atoms with Crippen molar-refractivity contribution in [3.8, 4) is 0 Å². The summed E-state index contributed by atoms with van der Waals surface area (Å²) in [5.41, 5.74) is 1.85. The summed E-state index contributed by atoms with van der Waals surface area (Å²) < 4.78 is 26.2. The van der Waals surface area contributed by atoms with Gasteiger partial charge in [-0.3, -0.25) is 4.72 Å². The van der Waals surface area contributed by atoms with Gasteiger partial charge in [0.1, 0.15) is 0 Å². The number of carbonyl (C=O) groups is 1. The molecule has 0 spiro atoms. The molecule has 2 rings (SSSR count). The Labute approximate surface area is 112 Å². The van der Waals surface area contributed by atoms with Crippen LogP contribution < -0.4 is 4.72 Å². The molecule has 1 aromatic carbocycles. The molecule has 0 aromatic heterocycles. The number of anilines is 1. The number of carboxylic acid groups (broad SMARTS) is 1. The van der Waals surface area contributed by atoms with Crippen LogP contribution in [-0.2, 0) is 10.0 Å². The lowest BCUT2D eigenvalue weighted by Gasteiger charge is -2.11. The summed E-state index contributed by atoms with van der Waals surface area (Å²) in [7, 11) is -3.39.